The Morgan fingerprint density at radius 3 is 2.27 bits per heavy atom. The molecule has 0 aromatic heterocycles. The second-order valence-corrected chi connectivity index (χ2v) is 7.98. The van der Waals surface area contributed by atoms with Crippen LogP contribution in [-0.2, 0) is 14.9 Å². The normalized spacial score (nSPS) is 12.7. The van der Waals surface area contributed by atoms with Crippen molar-refractivity contribution in [1.29, 1.82) is 0 Å². The van der Waals surface area contributed by atoms with Gasteiger partial charge in [-0.15, -0.1) is 0 Å². The summed E-state index contributed by atoms with van der Waals surface area (Å²) >= 11 is 0. The quantitative estimate of drug-likeness (QED) is 0.631. The first-order valence-electron chi connectivity index (χ1n) is 7.43. The Balaban J connectivity index is 4.45. The van der Waals surface area contributed by atoms with Crippen molar-refractivity contribution in [2.75, 3.05) is 39.8 Å². The minimum atomic E-state index is -3.56. The van der Waals surface area contributed by atoms with E-state index in [0.717, 1.165) is 0 Å². The zero-order valence-electron chi connectivity index (χ0n) is 14.3. The lowest BCUT2D eigenvalue weighted by atomic mass is 10.2. The molecule has 0 aromatic rings. The number of amides is 1. The molecule has 0 fully saturated rings. The molecule has 0 rings (SSSR count). The van der Waals surface area contributed by atoms with Crippen LogP contribution in [0.25, 0.3) is 0 Å². The Labute approximate surface area is 134 Å². The van der Waals surface area contributed by atoms with Crippen LogP contribution < -0.4 is 11.1 Å². The smallest absolute Gasteiger partial charge is 0.407 e. The molecule has 22 heavy (non-hydrogen) atoms. The number of nitrogens with zero attached hydrogens (tertiary/aromatic N) is 2. The van der Waals surface area contributed by atoms with Crippen LogP contribution in [0.4, 0.5) is 4.79 Å². The number of carbonyl (C=O) groups is 1. The number of nitrogens with two attached hydrogens (primary N) is 1. The highest BCUT2D eigenvalue weighted by Gasteiger charge is 2.25. The van der Waals surface area contributed by atoms with E-state index in [1.165, 1.54) is 15.7 Å². The molecule has 0 saturated heterocycles. The average molecular weight is 338 g/mol. The van der Waals surface area contributed by atoms with Gasteiger partial charge in [-0.2, -0.15) is 17.0 Å². The van der Waals surface area contributed by atoms with Gasteiger partial charge < -0.3 is 15.8 Å². The van der Waals surface area contributed by atoms with Gasteiger partial charge in [0.1, 0.15) is 5.60 Å². The molecule has 0 spiro atoms. The fourth-order valence-corrected chi connectivity index (χ4v) is 3.14. The largest absolute Gasteiger partial charge is 0.444 e. The van der Waals surface area contributed by atoms with Crippen molar-refractivity contribution in [3.05, 3.63) is 0 Å². The predicted octanol–water partition coefficient (Wildman–Crippen LogP) is 0.358. The molecule has 0 bridgehead atoms. The molecule has 0 heterocycles. The van der Waals surface area contributed by atoms with Crippen molar-refractivity contribution in [3.8, 4) is 0 Å². The maximum Gasteiger partial charge on any atom is 0.407 e. The number of rotatable bonds is 9. The van der Waals surface area contributed by atoms with E-state index in [0.29, 0.717) is 13.0 Å². The summed E-state index contributed by atoms with van der Waals surface area (Å²) < 4.78 is 32.4. The standard InChI is InChI=1S/C13H30N4O4S/c1-6-9-17(10-7-14)22(19,20)16(5)11-8-15-12(18)21-13(2,3)4/h6-11,14H2,1-5H3,(H,15,18). The molecule has 8 nitrogen and oxygen atoms in total. The van der Waals surface area contributed by atoms with E-state index < -0.39 is 21.9 Å². The second-order valence-electron chi connectivity index (χ2n) is 5.95. The lowest BCUT2D eigenvalue weighted by molar-refractivity contribution is 0.0526. The summed E-state index contributed by atoms with van der Waals surface area (Å²) in [5.41, 5.74) is 4.87. The van der Waals surface area contributed by atoms with Crippen LogP contribution in [0.5, 0.6) is 0 Å². The molecule has 0 aliphatic carbocycles. The van der Waals surface area contributed by atoms with Crippen molar-refractivity contribution in [3.63, 3.8) is 0 Å². The molecule has 0 aromatic carbocycles. The second kappa shape index (κ2) is 9.29. The summed E-state index contributed by atoms with van der Waals surface area (Å²) in [7, 11) is -2.09. The van der Waals surface area contributed by atoms with Crippen LogP contribution in [0.15, 0.2) is 0 Å². The topological polar surface area (TPSA) is 105 Å². The van der Waals surface area contributed by atoms with E-state index in [9.17, 15) is 13.2 Å². The average Bonchev–Trinajstić information content (AvgIpc) is 2.36. The van der Waals surface area contributed by atoms with Crippen LogP contribution in [0.1, 0.15) is 34.1 Å². The van der Waals surface area contributed by atoms with Crippen LogP contribution >= 0.6 is 0 Å². The third kappa shape index (κ3) is 7.92. The van der Waals surface area contributed by atoms with Gasteiger partial charge in [-0.05, 0) is 27.2 Å². The van der Waals surface area contributed by atoms with Crippen molar-refractivity contribution >= 4 is 16.3 Å². The lowest BCUT2D eigenvalue weighted by Gasteiger charge is -2.27. The van der Waals surface area contributed by atoms with E-state index in [4.69, 9.17) is 10.5 Å². The van der Waals surface area contributed by atoms with Crippen LogP contribution in [-0.4, -0.2) is 68.5 Å². The minimum Gasteiger partial charge on any atom is -0.444 e. The zero-order chi connectivity index (χ0) is 17.4. The Kier molecular flexibility index (Phi) is 8.91. The van der Waals surface area contributed by atoms with Crippen LogP contribution in [0.2, 0.25) is 0 Å². The Hall–Kier alpha value is -0.900. The summed E-state index contributed by atoms with van der Waals surface area (Å²) in [5, 5.41) is 2.53. The van der Waals surface area contributed by atoms with Gasteiger partial charge in [-0.1, -0.05) is 6.92 Å². The third-order valence-corrected chi connectivity index (χ3v) is 4.65. The highest BCUT2D eigenvalue weighted by Crippen LogP contribution is 2.07. The molecule has 1 amide bonds. The monoisotopic (exact) mass is 338 g/mol. The van der Waals surface area contributed by atoms with Gasteiger partial charge >= 0.3 is 6.09 Å². The summed E-state index contributed by atoms with van der Waals surface area (Å²) in [6.45, 7) is 8.49. The minimum absolute atomic E-state index is 0.159. The van der Waals surface area contributed by atoms with Gasteiger partial charge in [0.05, 0.1) is 0 Å². The first kappa shape index (κ1) is 21.1. The van der Waals surface area contributed by atoms with Crippen molar-refractivity contribution in [2.45, 2.75) is 39.7 Å². The summed E-state index contributed by atoms with van der Waals surface area (Å²) in [5.74, 6) is 0. The molecule has 0 atom stereocenters. The molecule has 0 aliphatic rings. The number of nitrogens with one attached hydrogen (secondary N) is 1. The molecular weight excluding hydrogens is 308 g/mol. The molecule has 132 valence electrons. The maximum absolute atomic E-state index is 12.4. The predicted molar refractivity (Wildman–Crippen MR) is 86.7 cm³/mol. The molecular formula is C13H30N4O4S. The fraction of sp³-hybridized carbons (Fsp3) is 0.923. The molecule has 0 unspecified atom stereocenters. The summed E-state index contributed by atoms with van der Waals surface area (Å²) in [6, 6.07) is 0. The van der Waals surface area contributed by atoms with Crippen molar-refractivity contribution < 1.29 is 17.9 Å². The first-order chi connectivity index (χ1) is 10.0. The number of hydrogen-bond acceptors (Lipinski definition) is 5. The Morgan fingerprint density at radius 1 is 1.23 bits per heavy atom. The van der Waals surface area contributed by atoms with Crippen LogP contribution in [0, 0.1) is 0 Å². The number of hydrogen-bond donors (Lipinski definition) is 2. The number of alkyl carbamates (subject to hydrolysis) is 1. The first-order valence-corrected chi connectivity index (χ1v) is 8.82. The van der Waals surface area contributed by atoms with Crippen LogP contribution in [0.3, 0.4) is 0 Å². The fourth-order valence-electron chi connectivity index (χ4n) is 1.68. The van der Waals surface area contributed by atoms with Gasteiger partial charge in [0.2, 0.25) is 0 Å². The Morgan fingerprint density at radius 2 is 1.82 bits per heavy atom. The van der Waals surface area contributed by atoms with E-state index in [1.54, 1.807) is 20.8 Å². The number of likely N-dealkylation sites (N-methyl/N-ethyl adjacent to an activating group) is 1. The van der Waals surface area contributed by atoms with Gasteiger partial charge in [-0.3, -0.25) is 0 Å². The summed E-state index contributed by atoms with van der Waals surface area (Å²) in [4.78, 5) is 11.5. The number of ether oxygens (including phenoxy) is 1. The molecule has 3 N–H and O–H groups in total. The van der Waals surface area contributed by atoms with Gasteiger partial charge in [0.25, 0.3) is 10.2 Å². The van der Waals surface area contributed by atoms with Gasteiger partial charge in [0, 0.05) is 39.8 Å². The molecule has 9 heteroatoms. The van der Waals surface area contributed by atoms with Crippen molar-refractivity contribution in [1.82, 2.24) is 13.9 Å². The highest BCUT2D eigenvalue weighted by molar-refractivity contribution is 7.86. The summed E-state index contributed by atoms with van der Waals surface area (Å²) in [6.07, 6.45) is 0.147. The van der Waals surface area contributed by atoms with E-state index in [2.05, 4.69) is 5.32 Å². The number of carbonyl (C=O) groups excluding carboxylic acids is 1. The SMILES string of the molecule is CCCN(CCN)S(=O)(=O)N(C)CCNC(=O)OC(C)(C)C. The van der Waals surface area contributed by atoms with E-state index in [1.807, 2.05) is 6.92 Å². The van der Waals surface area contributed by atoms with Gasteiger partial charge in [0.15, 0.2) is 0 Å². The Bertz CT molecular complexity index is 428. The molecule has 0 aliphatic heterocycles. The maximum atomic E-state index is 12.4. The lowest BCUT2D eigenvalue weighted by Crippen LogP contribution is -2.46. The molecule has 0 saturated carbocycles. The van der Waals surface area contributed by atoms with E-state index in [-0.39, 0.29) is 26.2 Å². The van der Waals surface area contributed by atoms with Gasteiger partial charge in [-0.25, -0.2) is 4.79 Å². The highest BCUT2D eigenvalue weighted by atomic mass is 32.2. The van der Waals surface area contributed by atoms with E-state index >= 15 is 0 Å². The van der Waals surface area contributed by atoms with Crippen molar-refractivity contribution in [2.24, 2.45) is 5.73 Å². The zero-order valence-corrected chi connectivity index (χ0v) is 15.1. The molecule has 0 radical (unpaired) electrons. The third-order valence-electron chi connectivity index (χ3n) is 2.67.